The van der Waals surface area contributed by atoms with Crippen molar-refractivity contribution < 1.29 is 4.79 Å². The maximum absolute atomic E-state index is 11.2. The SMILES string of the molecule is O=C(CC1CC1)NCc1ccn[nH]1. The van der Waals surface area contributed by atoms with E-state index in [0.717, 1.165) is 5.69 Å². The molecule has 1 amide bonds. The second kappa shape index (κ2) is 3.60. The van der Waals surface area contributed by atoms with Crippen LogP contribution >= 0.6 is 0 Å². The summed E-state index contributed by atoms with van der Waals surface area (Å²) in [6.07, 6.45) is 4.81. The number of carbonyl (C=O) groups is 1. The zero-order chi connectivity index (χ0) is 9.10. The van der Waals surface area contributed by atoms with Crippen molar-refractivity contribution in [2.24, 2.45) is 5.92 Å². The van der Waals surface area contributed by atoms with Gasteiger partial charge in [0.05, 0.1) is 12.2 Å². The summed E-state index contributed by atoms with van der Waals surface area (Å²) in [5.41, 5.74) is 0.948. The van der Waals surface area contributed by atoms with Gasteiger partial charge in [0.15, 0.2) is 0 Å². The van der Waals surface area contributed by atoms with Gasteiger partial charge in [-0.15, -0.1) is 0 Å². The average molecular weight is 179 g/mol. The van der Waals surface area contributed by atoms with Crippen molar-refractivity contribution in [3.8, 4) is 0 Å². The van der Waals surface area contributed by atoms with E-state index >= 15 is 0 Å². The van der Waals surface area contributed by atoms with Crippen molar-refractivity contribution in [3.05, 3.63) is 18.0 Å². The smallest absolute Gasteiger partial charge is 0.220 e. The summed E-state index contributed by atoms with van der Waals surface area (Å²) in [5, 5.41) is 9.44. The number of aromatic amines is 1. The normalized spacial score (nSPS) is 15.7. The van der Waals surface area contributed by atoms with Crippen LogP contribution in [0.1, 0.15) is 25.0 Å². The number of nitrogens with one attached hydrogen (secondary N) is 2. The number of amides is 1. The molecule has 4 nitrogen and oxygen atoms in total. The zero-order valence-corrected chi connectivity index (χ0v) is 7.42. The third-order valence-corrected chi connectivity index (χ3v) is 2.21. The third kappa shape index (κ3) is 2.57. The molecular weight excluding hydrogens is 166 g/mol. The Bertz CT molecular complexity index is 277. The van der Waals surface area contributed by atoms with E-state index in [1.807, 2.05) is 6.07 Å². The molecule has 0 saturated heterocycles. The fraction of sp³-hybridized carbons (Fsp3) is 0.556. The highest BCUT2D eigenvalue weighted by Gasteiger charge is 2.23. The molecule has 0 aliphatic heterocycles. The lowest BCUT2D eigenvalue weighted by molar-refractivity contribution is -0.121. The molecule has 2 rings (SSSR count). The fourth-order valence-electron chi connectivity index (χ4n) is 1.23. The number of rotatable bonds is 4. The standard InChI is InChI=1S/C9H13N3O/c13-9(5-7-1-2-7)10-6-8-3-4-11-12-8/h3-4,7H,1-2,5-6H2,(H,10,13)(H,11,12). The summed E-state index contributed by atoms with van der Waals surface area (Å²) in [6.45, 7) is 0.561. The number of hydrogen-bond acceptors (Lipinski definition) is 2. The molecule has 0 spiro atoms. The first kappa shape index (κ1) is 8.29. The van der Waals surface area contributed by atoms with Crippen LogP contribution in [0.15, 0.2) is 12.3 Å². The summed E-state index contributed by atoms with van der Waals surface area (Å²) in [6, 6.07) is 1.86. The van der Waals surface area contributed by atoms with Crippen molar-refractivity contribution in [2.75, 3.05) is 0 Å². The van der Waals surface area contributed by atoms with E-state index in [1.54, 1.807) is 6.20 Å². The molecule has 0 atom stereocenters. The Morgan fingerprint density at radius 1 is 1.69 bits per heavy atom. The van der Waals surface area contributed by atoms with Gasteiger partial charge in [0.25, 0.3) is 0 Å². The summed E-state index contributed by atoms with van der Waals surface area (Å²) >= 11 is 0. The Kier molecular flexibility index (Phi) is 2.29. The second-order valence-corrected chi connectivity index (χ2v) is 3.51. The van der Waals surface area contributed by atoms with Crippen LogP contribution in [-0.2, 0) is 11.3 Å². The number of carbonyl (C=O) groups excluding carboxylic acids is 1. The van der Waals surface area contributed by atoms with Gasteiger partial charge in [0.1, 0.15) is 0 Å². The van der Waals surface area contributed by atoms with Crippen molar-refractivity contribution in [2.45, 2.75) is 25.8 Å². The van der Waals surface area contributed by atoms with E-state index in [9.17, 15) is 4.79 Å². The van der Waals surface area contributed by atoms with Crippen LogP contribution in [0.25, 0.3) is 0 Å². The third-order valence-electron chi connectivity index (χ3n) is 2.21. The summed E-state index contributed by atoms with van der Waals surface area (Å²) in [5.74, 6) is 0.805. The lowest BCUT2D eigenvalue weighted by Crippen LogP contribution is -2.23. The van der Waals surface area contributed by atoms with Crippen LogP contribution < -0.4 is 5.32 Å². The maximum atomic E-state index is 11.2. The van der Waals surface area contributed by atoms with Crippen LogP contribution in [0.5, 0.6) is 0 Å². The van der Waals surface area contributed by atoms with Crippen LogP contribution in [0, 0.1) is 5.92 Å². The largest absolute Gasteiger partial charge is 0.350 e. The van der Waals surface area contributed by atoms with Gasteiger partial charge in [-0.1, -0.05) is 0 Å². The molecule has 1 aliphatic carbocycles. The van der Waals surface area contributed by atoms with Crippen LogP contribution in [-0.4, -0.2) is 16.1 Å². The molecule has 1 aromatic rings. The first-order valence-corrected chi connectivity index (χ1v) is 4.59. The lowest BCUT2D eigenvalue weighted by atomic mass is 10.3. The Morgan fingerprint density at radius 3 is 3.15 bits per heavy atom. The van der Waals surface area contributed by atoms with Crippen LogP contribution in [0.4, 0.5) is 0 Å². The highest BCUT2D eigenvalue weighted by molar-refractivity contribution is 5.76. The summed E-state index contributed by atoms with van der Waals surface area (Å²) < 4.78 is 0. The molecule has 70 valence electrons. The van der Waals surface area contributed by atoms with Gasteiger partial charge in [0, 0.05) is 12.6 Å². The monoisotopic (exact) mass is 179 g/mol. The van der Waals surface area contributed by atoms with Gasteiger partial charge in [-0.25, -0.2) is 0 Å². The van der Waals surface area contributed by atoms with Crippen molar-refractivity contribution in [3.63, 3.8) is 0 Å². The van der Waals surface area contributed by atoms with Crippen LogP contribution in [0.3, 0.4) is 0 Å². The summed E-state index contributed by atoms with van der Waals surface area (Å²) in [4.78, 5) is 11.2. The topological polar surface area (TPSA) is 57.8 Å². The molecule has 1 fully saturated rings. The van der Waals surface area contributed by atoms with Crippen LogP contribution in [0.2, 0.25) is 0 Å². The van der Waals surface area contributed by atoms with E-state index in [1.165, 1.54) is 12.8 Å². The molecule has 0 aromatic carbocycles. The van der Waals surface area contributed by atoms with E-state index in [-0.39, 0.29) is 5.91 Å². The minimum absolute atomic E-state index is 0.150. The first-order valence-electron chi connectivity index (χ1n) is 4.59. The number of hydrogen-bond donors (Lipinski definition) is 2. The van der Waals surface area contributed by atoms with Gasteiger partial charge in [-0.2, -0.15) is 5.10 Å². The van der Waals surface area contributed by atoms with Gasteiger partial charge >= 0.3 is 0 Å². The molecule has 1 aromatic heterocycles. The highest BCUT2D eigenvalue weighted by Crippen LogP contribution is 2.32. The molecule has 1 aliphatic rings. The molecule has 1 heterocycles. The molecule has 4 heteroatoms. The number of aromatic nitrogens is 2. The van der Waals surface area contributed by atoms with E-state index in [2.05, 4.69) is 15.5 Å². The molecule has 2 N–H and O–H groups in total. The molecule has 0 radical (unpaired) electrons. The highest BCUT2D eigenvalue weighted by atomic mass is 16.1. The minimum atomic E-state index is 0.150. The van der Waals surface area contributed by atoms with Crippen molar-refractivity contribution >= 4 is 5.91 Å². The molecule has 13 heavy (non-hydrogen) atoms. The Hall–Kier alpha value is -1.32. The first-order chi connectivity index (χ1) is 6.34. The Morgan fingerprint density at radius 2 is 2.54 bits per heavy atom. The summed E-state index contributed by atoms with van der Waals surface area (Å²) in [7, 11) is 0. The molecular formula is C9H13N3O. The predicted octanol–water partition coefficient (Wildman–Crippen LogP) is 0.826. The lowest BCUT2D eigenvalue weighted by Gasteiger charge is -2.01. The predicted molar refractivity (Wildman–Crippen MR) is 47.8 cm³/mol. The molecule has 0 unspecified atom stereocenters. The van der Waals surface area contributed by atoms with Crippen molar-refractivity contribution in [1.82, 2.24) is 15.5 Å². The zero-order valence-electron chi connectivity index (χ0n) is 7.42. The maximum Gasteiger partial charge on any atom is 0.220 e. The van der Waals surface area contributed by atoms with E-state index in [4.69, 9.17) is 0 Å². The van der Waals surface area contributed by atoms with E-state index in [0.29, 0.717) is 18.9 Å². The average Bonchev–Trinajstić information content (AvgIpc) is 2.78. The Labute approximate surface area is 76.7 Å². The fourth-order valence-corrected chi connectivity index (χ4v) is 1.23. The van der Waals surface area contributed by atoms with E-state index < -0.39 is 0 Å². The van der Waals surface area contributed by atoms with Crippen molar-refractivity contribution in [1.29, 1.82) is 0 Å². The van der Waals surface area contributed by atoms with Gasteiger partial charge < -0.3 is 5.32 Å². The number of H-pyrrole nitrogens is 1. The minimum Gasteiger partial charge on any atom is -0.350 e. The number of nitrogens with zero attached hydrogens (tertiary/aromatic N) is 1. The van der Waals surface area contributed by atoms with Gasteiger partial charge in [0.2, 0.25) is 5.91 Å². The quantitative estimate of drug-likeness (QED) is 0.719. The Balaban J connectivity index is 1.69. The molecule has 0 bridgehead atoms. The second-order valence-electron chi connectivity index (χ2n) is 3.51. The van der Waals surface area contributed by atoms with Gasteiger partial charge in [-0.05, 0) is 24.8 Å². The van der Waals surface area contributed by atoms with Gasteiger partial charge in [-0.3, -0.25) is 9.89 Å². The molecule has 1 saturated carbocycles.